The van der Waals surface area contributed by atoms with Gasteiger partial charge in [0, 0.05) is 22.3 Å². The van der Waals surface area contributed by atoms with E-state index in [1.54, 1.807) is 11.3 Å². The SMILES string of the molecule is Cc1cc(-c2nc(Cl)c3ccsc3n2)cc(C)n1. The molecule has 0 saturated carbocycles. The maximum absolute atomic E-state index is 6.17. The lowest BCUT2D eigenvalue weighted by Crippen LogP contribution is -1.93. The fraction of sp³-hybridized carbons (Fsp3) is 0.154. The Balaban J connectivity index is 2.24. The van der Waals surface area contributed by atoms with Gasteiger partial charge in [-0.3, -0.25) is 4.98 Å². The molecule has 0 bridgehead atoms. The summed E-state index contributed by atoms with van der Waals surface area (Å²) in [7, 11) is 0. The summed E-state index contributed by atoms with van der Waals surface area (Å²) in [6.45, 7) is 3.92. The van der Waals surface area contributed by atoms with Gasteiger partial charge in [-0.2, -0.15) is 0 Å². The van der Waals surface area contributed by atoms with Crippen LogP contribution in [0.25, 0.3) is 21.6 Å². The highest BCUT2D eigenvalue weighted by atomic mass is 35.5. The predicted octanol–water partition coefficient (Wildman–Crippen LogP) is 4.02. The quantitative estimate of drug-likeness (QED) is 0.630. The second-order valence-electron chi connectivity index (χ2n) is 4.12. The van der Waals surface area contributed by atoms with Gasteiger partial charge in [0.05, 0.1) is 0 Å². The van der Waals surface area contributed by atoms with Crippen molar-refractivity contribution in [2.75, 3.05) is 0 Å². The van der Waals surface area contributed by atoms with Gasteiger partial charge in [0.1, 0.15) is 9.98 Å². The van der Waals surface area contributed by atoms with Crippen molar-refractivity contribution in [1.82, 2.24) is 15.0 Å². The van der Waals surface area contributed by atoms with Crippen LogP contribution in [0, 0.1) is 13.8 Å². The fourth-order valence-corrected chi connectivity index (χ4v) is 2.96. The molecule has 0 saturated heterocycles. The van der Waals surface area contributed by atoms with E-state index in [-0.39, 0.29) is 0 Å². The van der Waals surface area contributed by atoms with E-state index in [2.05, 4.69) is 15.0 Å². The van der Waals surface area contributed by atoms with Gasteiger partial charge in [-0.15, -0.1) is 11.3 Å². The van der Waals surface area contributed by atoms with E-state index < -0.39 is 0 Å². The van der Waals surface area contributed by atoms with E-state index in [0.29, 0.717) is 11.0 Å². The van der Waals surface area contributed by atoms with Crippen molar-refractivity contribution in [2.24, 2.45) is 0 Å². The summed E-state index contributed by atoms with van der Waals surface area (Å²) < 4.78 is 0. The molecular weight excluding hydrogens is 266 g/mol. The first kappa shape index (κ1) is 11.6. The van der Waals surface area contributed by atoms with E-state index in [1.165, 1.54) is 0 Å². The number of aryl methyl sites for hydroxylation is 2. The standard InChI is InChI=1S/C13H10ClN3S/c1-7-5-9(6-8(2)15-7)12-16-11(14)10-3-4-18-13(10)17-12/h3-6H,1-2H3. The monoisotopic (exact) mass is 275 g/mol. The molecule has 3 aromatic heterocycles. The van der Waals surface area contributed by atoms with Gasteiger partial charge >= 0.3 is 0 Å². The van der Waals surface area contributed by atoms with Crippen molar-refractivity contribution in [3.63, 3.8) is 0 Å². The van der Waals surface area contributed by atoms with Crippen LogP contribution < -0.4 is 0 Å². The van der Waals surface area contributed by atoms with Crippen LogP contribution in [0.2, 0.25) is 5.15 Å². The van der Waals surface area contributed by atoms with Crippen LogP contribution in [-0.2, 0) is 0 Å². The Kier molecular flexibility index (Phi) is 2.76. The highest BCUT2D eigenvalue weighted by Gasteiger charge is 2.09. The number of hydrogen-bond donors (Lipinski definition) is 0. The first-order valence-corrected chi connectivity index (χ1v) is 6.75. The van der Waals surface area contributed by atoms with Crippen molar-refractivity contribution in [3.05, 3.63) is 40.1 Å². The highest BCUT2D eigenvalue weighted by molar-refractivity contribution is 7.16. The van der Waals surface area contributed by atoms with Gasteiger partial charge in [-0.1, -0.05) is 11.6 Å². The number of rotatable bonds is 1. The van der Waals surface area contributed by atoms with Crippen LogP contribution in [0.4, 0.5) is 0 Å². The minimum Gasteiger partial charge on any atom is -0.258 e. The van der Waals surface area contributed by atoms with E-state index in [9.17, 15) is 0 Å². The average Bonchev–Trinajstić information content (AvgIpc) is 2.76. The van der Waals surface area contributed by atoms with Crippen LogP contribution in [0.3, 0.4) is 0 Å². The van der Waals surface area contributed by atoms with E-state index >= 15 is 0 Å². The van der Waals surface area contributed by atoms with Crippen molar-refractivity contribution in [2.45, 2.75) is 13.8 Å². The number of aromatic nitrogens is 3. The number of nitrogens with zero attached hydrogens (tertiary/aromatic N) is 3. The Morgan fingerprint density at radius 1 is 1.06 bits per heavy atom. The summed E-state index contributed by atoms with van der Waals surface area (Å²) in [6, 6.07) is 5.88. The van der Waals surface area contributed by atoms with E-state index in [0.717, 1.165) is 27.2 Å². The number of thiophene rings is 1. The van der Waals surface area contributed by atoms with Crippen molar-refractivity contribution < 1.29 is 0 Å². The van der Waals surface area contributed by atoms with Gasteiger partial charge in [-0.25, -0.2) is 9.97 Å². The molecule has 0 spiro atoms. The first-order chi connectivity index (χ1) is 8.63. The molecule has 0 atom stereocenters. The van der Waals surface area contributed by atoms with Crippen molar-refractivity contribution in [1.29, 1.82) is 0 Å². The number of pyridine rings is 1. The zero-order valence-electron chi connectivity index (χ0n) is 9.94. The van der Waals surface area contributed by atoms with Gasteiger partial charge in [0.25, 0.3) is 0 Å². The Labute approximate surface area is 114 Å². The Hall–Kier alpha value is -1.52. The molecule has 3 rings (SSSR count). The zero-order chi connectivity index (χ0) is 12.7. The highest BCUT2D eigenvalue weighted by Crippen LogP contribution is 2.28. The van der Waals surface area contributed by atoms with Crippen molar-refractivity contribution >= 4 is 33.2 Å². The molecule has 3 aromatic rings. The third kappa shape index (κ3) is 1.98. The largest absolute Gasteiger partial charge is 0.258 e. The third-order valence-corrected chi connectivity index (χ3v) is 3.71. The van der Waals surface area contributed by atoms with Crippen LogP contribution in [0.5, 0.6) is 0 Å². The smallest absolute Gasteiger partial charge is 0.162 e. The van der Waals surface area contributed by atoms with Gasteiger partial charge in [0.2, 0.25) is 0 Å². The first-order valence-electron chi connectivity index (χ1n) is 5.50. The summed E-state index contributed by atoms with van der Waals surface area (Å²) in [5, 5.41) is 3.38. The summed E-state index contributed by atoms with van der Waals surface area (Å²) in [5.74, 6) is 0.656. The maximum atomic E-state index is 6.17. The van der Waals surface area contributed by atoms with Crippen LogP contribution in [0.1, 0.15) is 11.4 Å². The molecule has 5 heteroatoms. The molecule has 3 heterocycles. The summed E-state index contributed by atoms with van der Waals surface area (Å²) >= 11 is 7.74. The van der Waals surface area contributed by atoms with Crippen molar-refractivity contribution in [3.8, 4) is 11.4 Å². The normalized spacial score (nSPS) is 11.1. The predicted molar refractivity (Wildman–Crippen MR) is 75.1 cm³/mol. The summed E-state index contributed by atoms with van der Waals surface area (Å²) in [6.07, 6.45) is 0. The van der Waals surface area contributed by atoms with Crippen LogP contribution >= 0.6 is 22.9 Å². The Bertz CT molecular complexity index is 716. The molecule has 0 unspecified atom stereocenters. The number of fused-ring (bicyclic) bond motifs is 1. The topological polar surface area (TPSA) is 38.7 Å². The third-order valence-electron chi connectivity index (χ3n) is 2.62. The lowest BCUT2D eigenvalue weighted by molar-refractivity contribution is 1.11. The van der Waals surface area contributed by atoms with Gasteiger partial charge in [0.15, 0.2) is 5.82 Å². The molecule has 0 amide bonds. The molecule has 0 fully saturated rings. The molecule has 0 N–H and O–H groups in total. The van der Waals surface area contributed by atoms with Crippen LogP contribution in [0.15, 0.2) is 23.6 Å². The lowest BCUT2D eigenvalue weighted by Gasteiger charge is -2.04. The molecule has 0 aromatic carbocycles. The minimum atomic E-state index is 0.503. The molecule has 3 nitrogen and oxygen atoms in total. The second kappa shape index (κ2) is 4.30. The summed E-state index contributed by atoms with van der Waals surface area (Å²) in [4.78, 5) is 14.2. The second-order valence-corrected chi connectivity index (χ2v) is 5.37. The van der Waals surface area contributed by atoms with E-state index in [4.69, 9.17) is 11.6 Å². The molecule has 0 aliphatic carbocycles. The van der Waals surface area contributed by atoms with E-state index in [1.807, 2.05) is 37.4 Å². The average molecular weight is 276 g/mol. The molecule has 18 heavy (non-hydrogen) atoms. The molecule has 0 aliphatic heterocycles. The molecule has 0 radical (unpaired) electrons. The lowest BCUT2D eigenvalue weighted by atomic mass is 10.2. The Morgan fingerprint density at radius 2 is 1.78 bits per heavy atom. The molecular formula is C13H10ClN3S. The minimum absolute atomic E-state index is 0.503. The zero-order valence-corrected chi connectivity index (χ0v) is 11.5. The number of halogens is 1. The molecule has 90 valence electrons. The fourth-order valence-electron chi connectivity index (χ4n) is 1.91. The van der Waals surface area contributed by atoms with Gasteiger partial charge in [-0.05, 0) is 37.4 Å². The maximum Gasteiger partial charge on any atom is 0.162 e. The summed E-state index contributed by atoms with van der Waals surface area (Å²) in [5.41, 5.74) is 2.86. The van der Waals surface area contributed by atoms with Crippen LogP contribution in [-0.4, -0.2) is 15.0 Å². The molecule has 0 aliphatic rings. The van der Waals surface area contributed by atoms with Gasteiger partial charge < -0.3 is 0 Å². The number of hydrogen-bond acceptors (Lipinski definition) is 4. The Morgan fingerprint density at radius 3 is 2.50 bits per heavy atom.